The Hall–Kier alpha value is -2.30. The molecule has 0 saturated heterocycles. The van der Waals surface area contributed by atoms with Gasteiger partial charge in [-0.05, 0) is 18.4 Å². The molecule has 0 aliphatic carbocycles. The summed E-state index contributed by atoms with van der Waals surface area (Å²) in [5.74, 6) is -1.16. The standard InChI is InChI=1S/C16H20N2O3/c1-10(2)8-13(16(20)21)17-15(19)12-9-18(3)14-7-5-4-6-11(12)14/h4-7,9-10,13H,8H2,1-3H3,(H,17,19)(H,20,21)/t13-/m1/s1. The molecule has 0 aliphatic heterocycles. The van der Waals surface area contributed by atoms with Gasteiger partial charge in [-0.1, -0.05) is 32.0 Å². The summed E-state index contributed by atoms with van der Waals surface area (Å²) in [5, 5.41) is 12.7. The predicted molar refractivity (Wildman–Crippen MR) is 81.3 cm³/mol. The molecule has 2 aromatic rings. The summed E-state index contributed by atoms with van der Waals surface area (Å²) >= 11 is 0. The van der Waals surface area contributed by atoms with Crippen molar-refractivity contribution in [2.75, 3.05) is 0 Å². The molecule has 2 rings (SSSR count). The van der Waals surface area contributed by atoms with Crippen LogP contribution >= 0.6 is 0 Å². The molecule has 21 heavy (non-hydrogen) atoms. The maximum Gasteiger partial charge on any atom is 0.326 e. The summed E-state index contributed by atoms with van der Waals surface area (Å²) in [4.78, 5) is 23.6. The predicted octanol–water partition coefficient (Wildman–Crippen LogP) is 2.41. The van der Waals surface area contributed by atoms with Crippen LogP contribution in [0.1, 0.15) is 30.6 Å². The summed E-state index contributed by atoms with van der Waals surface area (Å²) in [6.07, 6.45) is 2.14. The van der Waals surface area contributed by atoms with E-state index in [4.69, 9.17) is 0 Å². The third kappa shape index (κ3) is 3.24. The van der Waals surface area contributed by atoms with Crippen molar-refractivity contribution in [3.05, 3.63) is 36.0 Å². The summed E-state index contributed by atoms with van der Waals surface area (Å²) < 4.78 is 1.86. The van der Waals surface area contributed by atoms with E-state index in [0.29, 0.717) is 12.0 Å². The molecular weight excluding hydrogens is 268 g/mol. The summed E-state index contributed by atoms with van der Waals surface area (Å²) in [6.45, 7) is 3.86. The number of fused-ring (bicyclic) bond motifs is 1. The van der Waals surface area contributed by atoms with Gasteiger partial charge in [-0.25, -0.2) is 4.79 Å². The van der Waals surface area contributed by atoms with Gasteiger partial charge >= 0.3 is 5.97 Å². The Kier molecular flexibility index (Phi) is 4.31. The van der Waals surface area contributed by atoms with Crippen LogP contribution in [0.15, 0.2) is 30.5 Å². The van der Waals surface area contributed by atoms with E-state index in [2.05, 4.69) is 5.32 Å². The minimum atomic E-state index is -1.00. The second-order valence-corrected chi connectivity index (χ2v) is 5.66. The second kappa shape index (κ2) is 5.99. The normalized spacial score (nSPS) is 12.6. The average Bonchev–Trinajstić information content (AvgIpc) is 2.75. The van der Waals surface area contributed by atoms with Crippen LogP contribution < -0.4 is 5.32 Å². The van der Waals surface area contributed by atoms with Gasteiger partial charge in [0.05, 0.1) is 5.56 Å². The van der Waals surface area contributed by atoms with E-state index in [1.54, 1.807) is 6.20 Å². The number of nitrogens with zero attached hydrogens (tertiary/aromatic N) is 1. The van der Waals surface area contributed by atoms with Crippen LogP contribution in [0.4, 0.5) is 0 Å². The molecule has 5 nitrogen and oxygen atoms in total. The first kappa shape index (κ1) is 15.1. The van der Waals surface area contributed by atoms with Crippen LogP contribution in [0.25, 0.3) is 10.9 Å². The van der Waals surface area contributed by atoms with Gasteiger partial charge in [-0.15, -0.1) is 0 Å². The van der Waals surface area contributed by atoms with Crippen molar-refractivity contribution in [1.29, 1.82) is 0 Å². The Morgan fingerprint density at radius 2 is 1.95 bits per heavy atom. The van der Waals surface area contributed by atoms with E-state index in [1.165, 1.54) is 0 Å². The quantitative estimate of drug-likeness (QED) is 0.887. The number of carbonyl (C=O) groups excluding carboxylic acids is 1. The van der Waals surface area contributed by atoms with Gasteiger partial charge in [0.1, 0.15) is 6.04 Å². The molecule has 112 valence electrons. The number of amides is 1. The molecule has 0 fully saturated rings. The molecular formula is C16H20N2O3. The van der Waals surface area contributed by atoms with Crippen LogP contribution in [0.5, 0.6) is 0 Å². The van der Waals surface area contributed by atoms with Gasteiger partial charge in [0.15, 0.2) is 0 Å². The molecule has 0 bridgehead atoms. The van der Waals surface area contributed by atoms with Crippen LogP contribution in [-0.4, -0.2) is 27.6 Å². The van der Waals surface area contributed by atoms with Crippen molar-refractivity contribution in [3.63, 3.8) is 0 Å². The monoisotopic (exact) mass is 288 g/mol. The molecule has 1 atom stereocenters. The first-order valence-corrected chi connectivity index (χ1v) is 6.98. The van der Waals surface area contributed by atoms with Gasteiger partial charge < -0.3 is 15.0 Å². The molecule has 0 saturated carbocycles. The SMILES string of the molecule is CC(C)C[C@@H](NC(=O)c1cn(C)c2ccccc12)C(=O)O. The fourth-order valence-corrected chi connectivity index (χ4v) is 2.45. The Balaban J connectivity index is 2.28. The fourth-order valence-electron chi connectivity index (χ4n) is 2.45. The Bertz CT molecular complexity index is 673. The van der Waals surface area contributed by atoms with Crippen molar-refractivity contribution in [3.8, 4) is 0 Å². The molecule has 0 unspecified atom stereocenters. The second-order valence-electron chi connectivity index (χ2n) is 5.66. The number of carboxylic acids is 1. The molecule has 1 aromatic heterocycles. The number of carbonyl (C=O) groups is 2. The highest BCUT2D eigenvalue weighted by molar-refractivity contribution is 6.07. The van der Waals surface area contributed by atoms with Gasteiger partial charge in [0, 0.05) is 24.1 Å². The number of hydrogen-bond donors (Lipinski definition) is 2. The summed E-state index contributed by atoms with van der Waals surface area (Å²) in [5.41, 5.74) is 1.45. The first-order valence-electron chi connectivity index (χ1n) is 6.98. The molecule has 5 heteroatoms. The van der Waals surface area contributed by atoms with E-state index in [-0.39, 0.29) is 11.8 Å². The largest absolute Gasteiger partial charge is 0.480 e. The summed E-state index contributed by atoms with van der Waals surface area (Å²) in [7, 11) is 1.86. The Morgan fingerprint density at radius 3 is 2.57 bits per heavy atom. The number of benzene rings is 1. The molecule has 0 spiro atoms. The average molecular weight is 288 g/mol. The van der Waals surface area contributed by atoms with E-state index >= 15 is 0 Å². The van der Waals surface area contributed by atoms with E-state index in [9.17, 15) is 14.7 Å². The van der Waals surface area contributed by atoms with Crippen LogP contribution in [0.3, 0.4) is 0 Å². The maximum absolute atomic E-state index is 12.4. The smallest absolute Gasteiger partial charge is 0.326 e. The van der Waals surface area contributed by atoms with E-state index < -0.39 is 12.0 Å². The van der Waals surface area contributed by atoms with E-state index in [0.717, 1.165) is 10.9 Å². The molecule has 0 aliphatic rings. The lowest BCUT2D eigenvalue weighted by molar-refractivity contribution is -0.139. The Morgan fingerprint density at radius 1 is 1.29 bits per heavy atom. The molecule has 1 aromatic carbocycles. The zero-order chi connectivity index (χ0) is 15.6. The van der Waals surface area contributed by atoms with Gasteiger partial charge in [0.25, 0.3) is 5.91 Å². The zero-order valence-corrected chi connectivity index (χ0v) is 12.5. The number of hydrogen-bond acceptors (Lipinski definition) is 2. The van der Waals surface area contributed by atoms with Crippen molar-refractivity contribution >= 4 is 22.8 Å². The number of aromatic nitrogens is 1. The number of carboxylic acid groups (broad SMARTS) is 1. The van der Waals surface area contributed by atoms with Gasteiger partial charge in [-0.3, -0.25) is 4.79 Å². The molecule has 1 heterocycles. The summed E-state index contributed by atoms with van der Waals surface area (Å²) in [6, 6.07) is 6.69. The lowest BCUT2D eigenvalue weighted by Crippen LogP contribution is -2.41. The van der Waals surface area contributed by atoms with Crippen molar-refractivity contribution in [2.24, 2.45) is 13.0 Å². The van der Waals surface area contributed by atoms with E-state index in [1.807, 2.05) is 49.7 Å². The zero-order valence-electron chi connectivity index (χ0n) is 12.5. The highest BCUT2D eigenvalue weighted by Gasteiger charge is 2.23. The van der Waals surface area contributed by atoms with Gasteiger partial charge in [0.2, 0.25) is 0 Å². The lowest BCUT2D eigenvalue weighted by Gasteiger charge is -2.16. The maximum atomic E-state index is 12.4. The lowest BCUT2D eigenvalue weighted by atomic mass is 10.0. The van der Waals surface area contributed by atoms with Gasteiger partial charge in [-0.2, -0.15) is 0 Å². The number of aliphatic carboxylic acids is 1. The Labute approximate surface area is 123 Å². The number of nitrogens with one attached hydrogen (secondary N) is 1. The van der Waals surface area contributed by atoms with Crippen LogP contribution in [0.2, 0.25) is 0 Å². The topological polar surface area (TPSA) is 71.3 Å². The highest BCUT2D eigenvalue weighted by atomic mass is 16.4. The van der Waals surface area contributed by atoms with Crippen molar-refractivity contribution < 1.29 is 14.7 Å². The molecule has 2 N–H and O–H groups in total. The molecule has 1 amide bonds. The first-order chi connectivity index (χ1) is 9.90. The van der Waals surface area contributed by atoms with Crippen molar-refractivity contribution in [2.45, 2.75) is 26.3 Å². The fraction of sp³-hybridized carbons (Fsp3) is 0.375. The third-order valence-electron chi connectivity index (χ3n) is 3.45. The minimum Gasteiger partial charge on any atom is -0.480 e. The third-order valence-corrected chi connectivity index (χ3v) is 3.45. The molecule has 0 radical (unpaired) electrons. The van der Waals surface area contributed by atoms with Crippen molar-refractivity contribution in [1.82, 2.24) is 9.88 Å². The minimum absolute atomic E-state index is 0.193. The number of aryl methyl sites for hydroxylation is 1. The number of para-hydroxylation sites is 1. The highest BCUT2D eigenvalue weighted by Crippen LogP contribution is 2.20. The number of rotatable bonds is 5. The van der Waals surface area contributed by atoms with Crippen LogP contribution in [-0.2, 0) is 11.8 Å². The van der Waals surface area contributed by atoms with Crippen LogP contribution in [0, 0.1) is 5.92 Å².